The number of nitro groups is 1. The maximum absolute atomic E-state index is 13.1. The van der Waals surface area contributed by atoms with E-state index in [4.69, 9.17) is 4.74 Å². The van der Waals surface area contributed by atoms with Gasteiger partial charge in [-0.15, -0.1) is 0 Å². The van der Waals surface area contributed by atoms with Gasteiger partial charge in [0.25, 0.3) is 5.69 Å². The number of hydrogen-bond donors (Lipinski definition) is 0. The van der Waals surface area contributed by atoms with Gasteiger partial charge in [-0.2, -0.15) is 0 Å². The second kappa shape index (κ2) is 6.91. The van der Waals surface area contributed by atoms with Crippen molar-refractivity contribution in [2.75, 3.05) is 6.61 Å². The molecule has 0 bridgehead atoms. The van der Waals surface area contributed by atoms with Gasteiger partial charge in [-0.3, -0.25) is 10.1 Å². The van der Waals surface area contributed by atoms with Crippen molar-refractivity contribution < 1.29 is 22.9 Å². The average Bonchev–Trinajstić information content (AvgIpc) is 2.83. The standard InChI is InChI=1S/C17H20N2O6S/c1-6-25-17(20)14-9-15(12(4)18(14)5)26(23,24)13-7-10(2)16(19(21)22)11(3)8-13/h7-9H,6H2,1-5H3. The largest absolute Gasteiger partial charge is 0.461 e. The zero-order chi connectivity index (χ0) is 19.8. The summed E-state index contributed by atoms with van der Waals surface area (Å²) in [6, 6.07) is 3.82. The number of aromatic nitrogens is 1. The number of nitrogens with zero attached hydrogens (tertiary/aromatic N) is 2. The predicted octanol–water partition coefficient (Wildman–Crippen LogP) is 2.87. The van der Waals surface area contributed by atoms with E-state index >= 15 is 0 Å². The average molecular weight is 380 g/mol. The predicted molar refractivity (Wildman–Crippen MR) is 94.1 cm³/mol. The molecule has 9 heteroatoms. The van der Waals surface area contributed by atoms with E-state index in [1.165, 1.54) is 36.6 Å². The van der Waals surface area contributed by atoms with Crippen molar-refractivity contribution in [3.05, 3.63) is 50.8 Å². The molecule has 2 aromatic rings. The van der Waals surface area contributed by atoms with Crippen molar-refractivity contribution in [1.82, 2.24) is 4.57 Å². The molecule has 1 aromatic carbocycles. The monoisotopic (exact) mass is 380 g/mol. The molecule has 0 unspecified atom stereocenters. The van der Waals surface area contributed by atoms with E-state index < -0.39 is 20.7 Å². The third-order valence-electron chi connectivity index (χ3n) is 4.22. The number of carbonyl (C=O) groups excluding carboxylic acids is 1. The molecule has 0 aliphatic rings. The van der Waals surface area contributed by atoms with Crippen LogP contribution in [-0.2, 0) is 21.6 Å². The number of benzene rings is 1. The van der Waals surface area contributed by atoms with Gasteiger partial charge in [-0.25, -0.2) is 13.2 Å². The van der Waals surface area contributed by atoms with Crippen molar-refractivity contribution in [2.45, 2.75) is 37.5 Å². The number of esters is 1. The number of ether oxygens (including phenoxy) is 1. The Balaban J connectivity index is 2.64. The van der Waals surface area contributed by atoms with Crippen LogP contribution in [0.4, 0.5) is 5.69 Å². The Bertz CT molecular complexity index is 981. The summed E-state index contributed by atoms with van der Waals surface area (Å²) < 4.78 is 32.5. The maximum atomic E-state index is 13.1. The highest BCUT2D eigenvalue weighted by Crippen LogP contribution is 2.32. The Morgan fingerprint density at radius 3 is 2.19 bits per heavy atom. The molecule has 2 rings (SSSR count). The molecule has 0 aliphatic heterocycles. The summed E-state index contributed by atoms with van der Waals surface area (Å²) in [7, 11) is -2.38. The fraction of sp³-hybridized carbons (Fsp3) is 0.353. The number of aryl methyl sites for hydroxylation is 2. The molecule has 1 heterocycles. The summed E-state index contributed by atoms with van der Waals surface area (Å²) in [4.78, 5) is 22.5. The quantitative estimate of drug-likeness (QED) is 0.448. The molecule has 0 atom stereocenters. The Kier molecular flexibility index (Phi) is 5.22. The van der Waals surface area contributed by atoms with Gasteiger partial charge in [0.15, 0.2) is 0 Å². The third-order valence-corrected chi connectivity index (χ3v) is 6.07. The second-order valence-corrected chi connectivity index (χ2v) is 7.84. The minimum atomic E-state index is -3.96. The van der Waals surface area contributed by atoms with Gasteiger partial charge in [0, 0.05) is 23.9 Å². The fourth-order valence-electron chi connectivity index (χ4n) is 2.83. The molecule has 0 radical (unpaired) electrons. The summed E-state index contributed by atoms with van der Waals surface area (Å²) in [5.74, 6) is -0.615. The summed E-state index contributed by atoms with van der Waals surface area (Å²) in [5, 5.41) is 11.1. The first-order chi connectivity index (χ1) is 12.0. The number of nitro benzene ring substituents is 1. The molecule has 140 valence electrons. The van der Waals surface area contributed by atoms with Crippen LogP contribution in [0.3, 0.4) is 0 Å². The Labute approximate surface area is 151 Å². The number of carbonyl (C=O) groups is 1. The zero-order valence-corrected chi connectivity index (χ0v) is 16.0. The topological polar surface area (TPSA) is 109 Å². The van der Waals surface area contributed by atoms with Crippen LogP contribution >= 0.6 is 0 Å². The number of hydrogen-bond acceptors (Lipinski definition) is 6. The van der Waals surface area contributed by atoms with E-state index in [1.807, 2.05) is 0 Å². The van der Waals surface area contributed by atoms with E-state index in [0.29, 0.717) is 5.69 Å². The van der Waals surface area contributed by atoms with Gasteiger partial charge < -0.3 is 9.30 Å². The summed E-state index contributed by atoms with van der Waals surface area (Å²) in [6.45, 7) is 6.40. The minimum Gasteiger partial charge on any atom is -0.461 e. The lowest BCUT2D eigenvalue weighted by Crippen LogP contribution is -2.10. The molecule has 0 saturated heterocycles. The third kappa shape index (κ3) is 3.22. The summed E-state index contributed by atoms with van der Waals surface area (Å²) in [6.07, 6.45) is 0. The molecule has 26 heavy (non-hydrogen) atoms. The lowest BCUT2D eigenvalue weighted by Gasteiger charge is -2.08. The van der Waals surface area contributed by atoms with Crippen molar-refractivity contribution >= 4 is 21.5 Å². The Hall–Kier alpha value is -2.68. The molecule has 0 fully saturated rings. The van der Waals surface area contributed by atoms with Gasteiger partial charge >= 0.3 is 5.97 Å². The summed E-state index contributed by atoms with van der Waals surface area (Å²) in [5.41, 5.74) is 0.904. The maximum Gasteiger partial charge on any atom is 0.354 e. The van der Waals surface area contributed by atoms with Crippen molar-refractivity contribution in [1.29, 1.82) is 0 Å². The highest BCUT2D eigenvalue weighted by atomic mass is 32.2. The number of sulfone groups is 1. The molecule has 0 N–H and O–H groups in total. The second-order valence-electron chi connectivity index (χ2n) is 5.92. The van der Waals surface area contributed by atoms with Crippen LogP contribution < -0.4 is 0 Å². The van der Waals surface area contributed by atoms with Crippen LogP contribution in [0.2, 0.25) is 0 Å². The van der Waals surface area contributed by atoms with Crippen molar-refractivity contribution in [3.63, 3.8) is 0 Å². The van der Waals surface area contributed by atoms with Crippen LogP contribution in [0.15, 0.2) is 28.0 Å². The van der Waals surface area contributed by atoms with Crippen LogP contribution in [0.1, 0.15) is 34.2 Å². The van der Waals surface area contributed by atoms with Crippen molar-refractivity contribution in [2.24, 2.45) is 7.05 Å². The van der Waals surface area contributed by atoms with Crippen LogP contribution in [0, 0.1) is 30.9 Å². The highest BCUT2D eigenvalue weighted by Gasteiger charge is 2.28. The normalized spacial score (nSPS) is 11.4. The van der Waals surface area contributed by atoms with Gasteiger partial charge in [0.1, 0.15) is 5.69 Å². The first-order valence-electron chi connectivity index (χ1n) is 7.86. The zero-order valence-electron chi connectivity index (χ0n) is 15.2. The smallest absolute Gasteiger partial charge is 0.354 e. The van der Waals surface area contributed by atoms with Gasteiger partial charge in [0.2, 0.25) is 9.84 Å². The molecular formula is C17H20N2O6S. The van der Waals surface area contributed by atoms with E-state index in [-0.39, 0.29) is 38.9 Å². The lowest BCUT2D eigenvalue weighted by atomic mass is 10.1. The minimum absolute atomic E-state index is 0.0318. The van der Waals surface area contributed by atoms with Gasteiger partial charge in [0.05, 0.1) is 21.3 Å². The van der Waals surface area contributed by atoms with E-state index in [0.717, 1.165) is 0 Å². The van der Waals surface area contributed by atoms with E-state index in [2.05, 4.69) is 0 Å². The van der Waals surface area contributed by atoms with E-state index in [1.54, 1.807) is 20.9 Å². The Morgan fingerprint density at radius 2 is 1.73 bits per heavy atom. The van der Waals surface area contributed by atoms with Gasteiger partial charge in [-0.1, -0.05) is 0 Å². The first-order valence-corrected chi connectivity index (χ1v) is 9.34. The highest BCUT2D eigenvalue weighted by molar-refractivity contribution is 7.91. The van der Waals surface area contributed by atoms with E-state index in [9.17, 15) is 23.3 Å². The first kappa shape index (κ1) is 19.6. The molecule has 8 nitrogen and oxygen atoms in total. The molecule has 1 aromatic heterocycles. The molecule has 0 saturated carbocycles. The SMILES string of the molecule is CCOC(=O)c1cc(S(=O)(=O)c2cc(C)c([N+](=O)[O-])c(C)c2)c(C)n1C. The fourth-order valence-corrected chi connectivity index (χ4v) is 4.54. The summed E-state index contributed by atoms with van der Waals surface area (Å²) >= 11 is 0. The van der Waals surface area contributed by atoms with Crippen LogP contribution in [0.25, 0.3) is 0 Å². The molecule has 0 aliphatic carbocycles. The molecular weight excluding hydrogens is 360 g/mol. The lowest BCUT2D eigenvalue weighted by molar-refractivity contribution is -0.386. The van der Waals surface area contributed by atoms with Gasteiger partial charge in [-0.05, 0) is 45.9 Å². The van der Waals surface area contributed by atoms with Crippen LogP contribution in [-0.4, -0.2) is 30.5 Å². The molecule has 0 amide bonds. The van der Waals surface area contributed by atoms with Crippen molar-refractivity contribution in [3.8, 4) is 0 Å². The Morgan fingerprint density at radius 1 is 1.19 bits per heavy atom. The molecule has 0 spiro atoms. The van der Waals surface area contributed by atoms with Crippen LogP contribution in [0.5, 0.6) is 0 Å². The number of rotatable bonds is 5.